The van der Waals surface area contributed by atoms with E-state index in [0.29, 0.717) is 18.8 Å². The summed E-state index contributed by atoms with van der Waals surface area (Å²) in [5.74, 6) is -1.86. The molecule has 1 aromatic heterocycles. The summed E-state index contributed by atoms with van der Waals surface area (Å²) in [4.78, 5) is 30.5. The number of carbonyl (C=O) groups is 2. The highest BCUT2D eigenvalue weighted by Crippen LogP contribution is 2.20. The molecule has 3 aromatic rings. The smallest absolute Gasteiger partial charge is 0.490 e. The van der Waals surface area contributed by atoms with E-state index in [0.717, 1.165) is 36.2 Å². The first-order valence-electron chi connectivity index (χ1n) is 10.5. The van der Waals surface area contributed by atoms with Gasteiger partial charge in [0.2, 0.25) is 0 Å². The number of hydrogen-bond acceptors (Lipinski definition) is 5. The van der Waals surface area contributed by atoms with Gasteiger partial charge in [-0.15, -0.1) is 0 Å². The minimum atomic E-state index is -5.08. The first-order chi connectivity index (χ1) is 16.2. The molecule has 1 aliphatic heterocycles. The summed E-state index contributed by atoms with van der Waals surface area (Å²) in [5.41, 5.74) is 1.78. The van der Waals surface area contributed by atoms with Crippen LogP contribution in [0.3, 0.4) is 0 Å². The third-order valence-corrected chi connectivity index (χ3v) is 5.32. The predicted octanol–water partition coefficient (Wildman–Crippen LogP) is 3.83. The molecule has 0 bridgehead atoms. The first-order valence-corrected chi connectivity index (χ1v) is 10.5. The lowest BCUT2D eigenvalue weighted by Gasteiger charge is -2.34. The molecular formula is C24H24F3N3O4. The second-order valence-corrected chi connectivity index (χ2v) is 7.60. The van der Waals surface area contributed by atoms with Crippen LogP contribution in [0.15, 0.2) is 60.8 Å². The summed E-state index contributed by atoms with van der Waals surface area (Å²) >= 11 is 0. The van der Waals surface area contributed by atoms with Crippen molar-refractivity contribution in [3.63, 3.8) is 0 Å². The number of benzene rings is 2. The van der Waals surface area contributed by atoms with E-state index in [1.165, 1.54) is 5.56 Å². The Morgan fingerprint density at radius 2 is 1.71 bits per heavy atom. The Hall–Kier alpha value is -3.66. The number of methoxy groups -OCH3 is 1. The van der Waals surface area contributed by atoms with E-state index in [1.807, 2.05) is 47.4 Å². The van der Waals surface area contributed by atoms with Crippen LogP contribution in [0.25, 0.3) is 10.8 Å². The number of piperazine rings is 1. The summed E-state index contributed by atoms with van der Waals surface area (Å²) in [7, 11) is 1.69. The van der Waals surface area contributed by atoms with Crippen LogP contribution >= 0.6 is 0 Å². The Bertz CT molecular complexity index is 1140. The zero-order valence-corrected chi connectivity index (χ0v) is 18.5. The Morgan fingerprint density at radius 1 is 1.03 bits per heavy atom. The highest BCUT2D eigenvalue weighted by atomic mass is 19.4. The van der Waals surface area contributed by atoms with Crippen LogP contribution in [-0.2, 0) is 11.3 Å². The number of amides is 1. The molecule has 0 unspecified atom stereocenters. The van der Waals surface area contributed by atoms with Crippen molar-refractivity contribution in [3.05, 3.63) is 72.1 Å². The standard InChI is InChI=1S/C22H23N3O2.C2HF3O2/c1-27-19-7-4-5-17(15-19)16-24-11-13-25(14-12-24)22(26)21-20-8-3-2-6-18(20)9-10-23-21;3-2(4,5)1(6)7/h2-10,15H,11-14,16H2,1H3;(H,6,7). The van der Waals surface area contributed by atoms with Gasteiger partial charge in [0, 0.05) is 44.3 Å². The Kier molecular flexibility index (Phi) is 8.06. The maximum absolute atomic E-state index is 13.0. The quantitative estimate of drug-likeness (QED) is 0.618. The fraction of sp³-hybridized carbons (Fsp3) is 0.292. The molecule has 0 spiro atoms. The number of halogens is 3. The largest absolute Gasteiger partial charge is 0.497 e. The fourth-order valence-corrected chi connectivity index (χ4v) is 3.58. The predicted molar refractivity (Wildman–Crippen MR) is 120 cm³/mol. The molecule has 0 atom stereocenters. The van der Waals surface area contributed by atoms with Gasteiger partial charge in [0.15, 0.2) is 0 Å². The van der Waals surface area contributed by atoms with Crippen molar-refractivity contribution >= 4 is 22.6 Å². The Labute approximate surface area is 194 Å². The highest BCUT2D eigenvalue weighted by molar-refractivity contribution is 6.05. The van der Waals surface area contributed by atoms with Crippen LogP contribution in [0.5, 0.6) is 5.75 Å². The number of aliphatic carboxylic acids is 1. The number of carboxylic acids is 1. The van der Waals surface area contributed by atoms with E-state index in [2.05, 4.69) is 22.0 Å². The number of alkyl halides is 3. The third kappa shape index (κ3) is 6.44. The molecule has 10 heteroatoms. The number of hydrogen-bond donors (Lipinski definition) is 1. The molecule has 0 saturated carbocycles. The Balaban J connectivity index is 0.000000406. The average molecular weight is 475 g/mol. The minimum absolute atomic E-state index is 0.0211. The number of carboxylic acid groups (broad SMARTS) is 1. The van der Waals surface area contributed by atoms with Crippen molar-refractivity contribution in [1.29, 1.82) is 0 Å². The van der Waals surface area contributed by atoms with Crippen LogP contribution in [0, 0.1) is 0 Å². The van der Waals surface area contributed by atoms with Gasteiger partial charge >= 0.3 is 12.1 Å². The molecule has 2 aromatic carbocycles. The molecule has 180 valence electrons. The molecule has 0 radical (unpaired) electrons. The maximum atomic E-state index is 13.0. The maximum Gasteiger partial charge on any atom is 0.490 e. The van der Waals surface area contributed by atoms with Crippen LogP contribution in [-0.4, -0.2) is 71.2 Å². The number of aromatic nitrogens is 1. The van der Waals surface area contributed by atoms with E-state index in [4.69, 9.17) is 14.6 Å². The van der Waals surface area contributed by atoms with Gasteiger partial charge in [-0.1, -0.05) is 36.4 Å². The molecule has 4 rings (SSSR count). The number of rotatable bonds is 4. The monoisotopic (exact) mass is 475 g/mol. The minimum Gasteiger partial charge on any atom is -0.497 e. The lowest BCUT2D eigenvalue weighted by atomic mass is 10.1. The summed E-state index contributed by atoms with van der Waals surface area (Å²) in [6, 6.07) is 18.0. The van der Waals surface area contributed by atoms with Crippen LogP contribution in [0.1, 0.15) is 16.1 Å². The first kappa shape index (κ1) is 25.0. The third-order valence-electron chi connectivity index (χ3n) is 5.32. The lowest BCUT2D eigenvalue weighted by molar-refractivity contribution is -0.192. The molecular weight excluding hydrogens is 451 g/mol. The number of ether oxygens (including phenoxy) is 1. The van der Waals surface area contributed by atoms with Gasteiger partial charge in [0.1, 0.15) is 11.4 Å². The average Bonchev–Trinajstić information content (AvgIpc) is 2.83. The molecule has 0 aliphatic carbocycles. The summed E-state index contributed by atoms with van der Waals surface area (Å²) in [5, 5.41) is 9.09. The summed E-state index contributed by atoms with van der Waals surface area (Å²) < 4.78 is 37.0. The van der Waals surface area contributed by atoms with Crippen LogP contribution in [0.4, 0.5) is 13.2 Å². The number of carbonyl (C=O) groups excluding carboxylic acids is 1. The van der Waals surface area contributed by atoms with Crippen molar-refractivity contribution in [3.8, 4) is 5.75 Å². The fourth-order valence-electron chi connectivity index (χ4n) is 3.58. The molecule has 2 heterocycles. The topological polar surface area (TPSA) is 83.0 Å². The highest BCUT2D eigenvalue weighted by Gasteiger charge is 2.38. The molecule has 34 heavy (non-hydrogen) atoms. The van der Waals surface area contributed by atoms with Crippen molar-refractivity contribution in [1.82, 2.24) is 14.8 Å². The van der Waals surface area contributed by atoms with Gasteiger partial charge in [0.25, 0.3) is 5.91 Å². The number of pyridine rings is 1. The molecule has 1 saturated heterocycles. The van der Waals surface area contributed by atoms with Crippen molar-refractivity contribution in [2.45, 2.75) is 12.7 Å². The van der Waals surface area contributed by atoms with Crippen LogP contribution in [0.2, 0.25) is 0 Å². The van der Waals surface area contributed by atoms with Crippen molar-refractivity contribution < 1.29 is 32.6 Å². The van der Waals surface area contributed by atoms with Gasteiger partial charge < -0.3 is 14.7 Å². The molecule has 7 nitrogen and oxygen atoms in total. The lowest BCUT2D eigenvalue weighted by Crippen LogP contribution is -2.48. The van der Waals surface area contributed by atoms with Crippen LogP contribution < -0.4 is 4.74 Å². The van der Waals surface area contributed by atoms with E-state index in [-0.39, 0.29) is 5.91 Å². The summed E-state index contributed by atoms with van der Waals surface area (Å²) in [6.07, 6.45) is -3.37. The second-order valence-electron chi connectivity index (χ2n) is 7.60. The van der Waals surface area contributed by atoms with Crippen molar-refractivity contribution in [2.75, 3.05) is 33.3 Å². The van der Waals surface area contributed by atoms with Gasteiger partial charge in [0.05, 0.1) is 7.11 Å². The van der Waals surface area contributed by atoms with E-state index < -0.39 is 12.1 Å². The normalized spacial score (nSPS) is 14.3. The SMILES string of the molecule is COc1cccc(CN2CCN(C(=O)c3nccc4ccccc34)CC2)c1.O=C(O)C(F)(F)F. The number of nitrogens with zero attached hydrogens (tertiary/aromatic N) is 3. The zero-order valence-electron chi connectivity index (χ0n) is 18.5. The van der Waals surface area contributed by atoms with E-state index in [1.54, 1.807) is 13.3 Å². The molecule has 1 amide bonds. The number of fused-ring (bicyclic) bond motifs is 1. The summed E-state index contributed by atoms with van der Waals surface area (Å²) in [6.45, 7) is 4.01. The van der Waals surface area contributed by atoms with E-state index in [9.17, 15) is 18.0 Å². The van der Waals surface area contributed by atoms with E-state index >= 15 is 0 Å². The van der Waals surface area contributed by atoms with Gasteiger partial charge in [-0.2, -0.15) is 13.2 Å². The van der Waals surface area contributed by atoms with Gasteiger partial charge in [-0.3, -0.25) is 14.7 Å². The molecule has 1 aliphatic rings. The Morgan fingerprint density at radius 3 is 2.35 bits per heavy atom. The second kappa shape index (κ2) is 11.0. The van der Waals surface area contributed by atoms with Gasteiger partial charge in [-0.05, 0) is 29.1 Å². The zero-order chi connectivity index (χ0) is 24.7. The molecule has 1 N–H and O–H groups in total. The van der Waals surface area contributed by atoms with Gasteiger partial charge in [-0.25, -0.2) is 4.79 Å². The van der Waals surface area contributed by atoms with Crippen molar-refractivity contribution in [2.24, 2.45) is 0 Å². The molecule has 1 fully saturated rings.